The lowest BCUT2D eigenvalue weighted by Gasteiger charge is -2.57. The molecule has 0 unspecified atom stereocenters. The average Bonchev–Trinajstić information content (AvgIpc) is 2.97. The van der Waals surface area contributed by atoms with Crippen molar-refractivity contribution in [2.75, 3.05) is 9.80 Å². The molecule has 0 aliphatic heterocycles. The summed E-state index contributed by atoms with van der Waals surface area (Å²) in [6.07, 6.45) is 5.51. The highest BCUT2D eigenvalue weighted by Gasteiger charge is 2.53. The Hall–Kier alpha value is -4.82. The molecular weight excluding hydrogens is 484 g/mol. The van der Waals surface area contributed by atoms with Crippen LogP contribution in [0.25, 0.3) is 11.1 Å². The van der Waals surface area contributed by atoms with Gasteiger partial charge in [-0.25, -0.2) is 0 Å². The van der Waals surface area contributed by atoms with Crippen molar-refractivity contribution in [3.8, 4) is 0 Å². The maximum atomic E-state index is 2.57. The van der Waals surface area contributed by atoms with Crippen molar-refractivity contribution in [1.82, 2.24) is 0 Å². The minimum Gasteiger partial charge on any atom is -0.313 e. The van der Waals surface area contributed by atoms with Gasteiger partial charge in [0.1, 0.15) is 0 Å². The predicted octanol–water partition coefficient (Wildman–Crippen LogP) is 9.86. The number of fused-ring (bicyclic) bond motifs is 3. The van der Waals surface area contributed by atoms with E-state index in [1.165, 1.54) is 44.8 Å². The number of rotatable bonds is 6. The topological polar surface area (TPSA) is 6.48 Å². The molecule has 0 spiro atoms. The van der Waals surface area contributed by atoms with Crippen LogP contribution in [0.5, 0.6) is 0 Å². The molecule has 0 N–H and O–H groups in total. The maximum Gasteiger partial charge on any atom is 0.152 e. The van der Waals surface area contributed by atoms with Crippen LogP contribution in [0.4, 0.5) is 22.7 Å². The van der Waals surface area contributed by atoms with Crippen LogP contribution in [0.15, 0.2) is 146 Å². The van der Waals surface area contributed by atoms with Crippen LogP contribution in [0.1, 0.15) is 28.7 Å². The Kier molecular flexibility index (Phi) is 5.90. The number of allylic oxidation sites excluding steroid dienone is 2. The van der Waals surface area contributed by atoms with Crippen LogP contribution in [0, 0.1) is 13.8 Å². The van der Waals surface area contributed by atoms with Gasteiger partial charge in [-0.15, -0.1) is 0 Å². The Morgan fingerprint density at radius 3 is 1.50 bits per heavy atom. The zero-order valence-electron chi connectivity index (χ0n) is 23.0. The highest BCUT2D eigenvalue weighted by Crippen LogP contribution is 2.58. The minimum absolute atomic E-state index is 0.567. The first-order valence-corrected chi connectivity index (χ1v) is 14.0. The van der Waals surface area contributed by atoms with Crippen LogP contribution in [-0.2, 0) is 0 Å². The van der Waals surface area contributed by atoms with Gasteiger partial charge in [0, 0.05) is 34.7 Å². The van der Waals surface area contributed by atoms with Gasteiger partial charge in [0.15, 0.2) is 5.66 Å². The average molecular weight is 517 g/mol. The Morgan fingerprint density at radius 2 is 0.975 bits per heavy atom. The highest BCUT2D eigenvalue weighted by molar-refractivity contribution is 6.14. The van der Waals surface area contributed by atoms with Gasteiger partial charge in [-0.2, -0.15) is 0 Å². The molecule has 0 saturated carbocycles. The van der Waals surface area contributed by atoms with E-state index in [1.54, 1.807) is 0 Å². The van der Waals surface area contributed by atoms with Crippen molar-refractivity contribution in [3.63, 3.8) is 0 Å². The Labute approximate surface area is 237 Å². The van der Waals surface area contributed by atoms with E-state index in [2.05, 4.69) is 169 Å². The molecule has 2 aliphatic carbocycles. The summed E-state index contributed by atoms with van der Waals surface area (Å²) in [5.41, 5.74) is 11.9. The van der Waals surface area contributed by atoms with Gasteiger partial charge in [-0.05, 0) is 90.2 Å². The van der Waals surface area contributed by atoms with Gasteiger partial charge in [0.05, 0.1) is 0 Å². The number of hydrogen-bond acceptors (Lipinski definition) is 2. The molecule has 0 saturated heterocycles. The quantitative estimate of drug-likeness (QED) is 0.207. The summed E-state index contributed by atoms with van der Waals surface area (Å²) in [4.78, 5) is 5.15. The van der Waals surface area contributed by atoms with Gasteiger partial charge in [0.25, 0.3) is 0 Å². The van der Waals surface area contributed by atoms with Gasteiger partial charge < -0.3 is 9.80 Å². The van der Waals surface area contributed by atoms with Gasteiger partial charge >= 0.3 is 0 Å². The zero-order chi connectivity index (χ0) is 27.1. The molecule has 2 aliphatic rings. The van der Waals surface area contributed by atoms with Crippen LogP contribution in [0.3, 0.4) is 0 Å². The largest absolute Gasteiger partial charge is 0.313 e. The van der Waals surface area contributed by atoms with E-state index in [4.69, 9.17) is 0 Å². The first-order chi connectivity index (χ1) is 19.7. The highest BCUT2D eigenvalue weighted by atomic mass is 15.4. The second-order valence-corrected chi connectivity index (χ2v) is 10.8. The molecule has 0 fully saturated rings. The number of nitrogens with zero attached hydrogens (tertiary/aromatic N) is 2. The van der Waals surface area contributed by atoms with Crippen molar-refractivity contribution >= 4 is 33.9 Å². The van der Waals surface area contributed by atoms with Crippen molar-refractivity contribution in [3.05, 3.63) is 168 Å². The number of aryl methyl sites for hydroxylation is 2. The molecule has 7 rings (SSSR count). The summed E-state index contributed by atoms with van der Waals surface area (Å²) in [7, 11) is 0. The molecule has 0 atom stereocenters. The molecule has 40 heavy (non-hydrogen) atoms. The summed E-state index contributed by atoms with van der Waals surface area (Å²) in [5, 5.41) is 0. The van der Waals surface area contributed by atoms with Crippen LogP contribution < -0.4 is 9.80 Å². The molecule has 2 nitrogen and oxygen atoms in total. The first-order valence-electron chi connectivity index (χ1n) is 14.0. The van der Waals surface area contributed by atoms with E-state index in [0.29, 0.717) is 0 Å². The molecule has 0 aromatic heterocycles. The molecule has 2 heteroatoms. The van der Waals surface area contributed by atoms with E-state index >= 15 is 0 Å². The third-order valence-corrected chi connectivity index (χ3v) is 8.13. The lowest BCUT2D eigenvalue weighted by Crippen LogP contribution is -2.60. The summed E-state index contributed by atoms with van der Waals surface area (Å²) in [6, 6.07) is 48.5. The van der Waals surface area contributed by atoms with Crippen LogP contribution in [0.2, 0.25) is 0 Å². The number of anilines is 4. The Balaban J connectivity index is 1.61. The van der Waals surface area contributed by atoms with Crippen LogP contribution >= 0.6 is 0 Å². The third kappa shape index (κ3) is 3.79. The fourth-order valence-electron chi connectivity index (χ4n) is 6.55. The SMILES string of the molecule is Cc1cccc(N(c2ccccc2)C2(N(c3ccccc3)c3cccc(C)c3)CC=CC3=C2c2ccccc23)c1. The fourth-order valence-corrected chi connectivity index (χ4v) is 6.55. The van der Waals surface area contributed by atoms with Gasteiger partial charge in [0.2, 0.25) is 0 Å². The smallest absolute Gasteiger partial charge is 0.152 e. The molecule has 0 amide bonds. The number of para-hydroxylation sites is 2. The molecule has 5 aromatic rings. The molecule has 0 radical (unpaired) electrons. The zero-order valence-corrected chi connectivity index (χ0v) is 23.0. The van der Waals surface area contributed by atoms with E-state index in [1.807, 2.05) is 0 Å². The van der Waals surface area contributed by atoms with Crippen molar-refractivity contribution in [2.24, 2.45) is 0 Å². The lowest BCUT2D eigenvalue weighted by molar-refractivity contribution is 0.540. The standard InChI is InChI=1S/C38H32N2/c1-28-14-11-20-32(26-28)39(30-16-5-3-6-17-30)38(25-13-24-36-34-22-9-10-23-35(34)37(36)38)40(31-18-7-4-8-19-31)33-21-12-15-29(2)27-33/h3-24,26-27H,25H2,1-2H3. The second-order valence-electron chi connectivity index (χ2n) is 10.8. The van der Waals surface area contributed by atoms with Crippen molar-refractivity contribution < 1.29 is 0 Å². The first kappa shape index (κ1) is 24.2. The summed E-state index contributed by atoms with van der Waals surface area (Å²) in [5.74, 6) is 0. The van der Waals surface area contributed by atoms with E-state index in [0.717, 1.165) is 17.8 Å². The maximum absolute atomic E-state index is 2.57. The van der Waals surface area contributed by atoms with Crippen molar-refractivity contribution in [2.45, 2.75) is 25.9 Å². The molecule has 194 valence electrons. The van der Waals surface area contributed by atoms with Gasteiger partial charge in [-0.1, -0.05) is 97.1 Å². The summed E-state index contributed by atoms with van der Waals surface area (Å²) in [6.45, 7) is 4.36. The van der Waals surface area contributed by atoms with E-state index in [-0.39, 0.29) is 0 Å². The van der Waals surface area contributed by atoms with E-state index < -0.39 is 5.66 Å². The number of benzene rings is 5. The summed E-state index contributed by atoms with van der Waals surface area (Å²) >= 11 is 0. The third-order valence-electron chi connectivity index (χ3n) is 8.13. The Bertz CT molecular complexity index is 1660. The fraction of sp³-hybridized carbons (Fsp3) is 0.105. The molecular formula is C38H32N2. The molecule has 5 aromatic carbocycles. The Morgan fingerprint density at radius 1 is 0.500 bits per heavy atom. The molecule has 0 bridgehead atoms. The lowest BCUT2D eigenvalue weighted by atomic mass is 9.68. The normalized spacial score (nSPS) is 14.7. The van der Waals surface area contributed by atoms with Crippen LogP contribution in [-0.4, -0.2) is 5.66 Å². The second kappa shape index (κ2) is 9.73. The monoisotopic (exact) mass is 516 g/mol. The predicted molar refractivity (Wildman–Crippen MR) is 169 cm³/mol. The van der Waals surface area contributed by atoms with Gasteiger partial charge in [-0.3, -0.25) is 0 Å². The molecule has 0 heterocycles. The summed E-state index contributed by atoms with van der Waals surface area (Å²) < 4.78 is 0. The van der Waals surface area contributed by atoms with Crippen molar-refractivity contribution in [1.29, 1.82) is 0 Å². The number of hydrogen-bond donors (Lipinski definition) is 0. The van der Waals surface area contributed by atoms with E-state index in [9.17, 15) is 0 Å². The minimum atomic E-state index is -0.567.